The second-order valence-electron chi connectivity index (χ2n) is 5.51. The Morgan fingerprint density at radius 3 is 2.80 bits per heavy atom. The van der Waals surface area contributed by atoms with Crippen LogP contribution < -0.4 is 0 Å². The van der Waals surface area contributed by atoms with Crippen LogP contribution in [0.3, 0.4) is 0 Å². The average Bonchev–Trinajstić information content (AvgIpc) is 2.37. The van der Waals surface area contributed by atoms with Crippen LogP contribution in [0.1, 0.15) is 30.9 Å². The summed E-state index contributed by atoms with van der Waals surface area (Å²) >= 11 is 6.04. The Balaban J connectivity index is 1.92. The number of rotatable bonds is 4. The molecule has 1 heterocycles. The van der Waals surface area contributed by atoms with Gasteiger partial charge in [0.05, 0.1) is 18.7 Å². The van der Waals surface area contributed by atoms with Crippen LogP contribution in [0, 0.1) is 6.92 Å². The molecule has 0 atom stereocenters. The quantitative estimate of drug-likeness (QED) is 0.867. The predicted octanol–water partition coefficient (Wildman–Crippen LogP) is 3.04. The zero-order chi connectivity index (χ0) is 14.8. The summed E-state index contributed by atoms with van der Waals surface area (Å²) in [5.41, 5.74) is 1.24. The van der Waals surface area contributed by atoms with Crippen molar-refractivity contribution < 1.29 is 9.90 Å². The van der Waals surface area contributed by atoms with Gasteiger partial charge in [-0.15, -0.1) is 0 Å². The lowest BCUT2D eigenvalue weighted by atomic mass is 9.89. The molecule has 0 unspecified atom stereocenters. The number of amides is 1. The second-order valence-corrected chi connectivity index (χ2v) is 5.92. The Morgan fingerprint density at radius 2 is 2.20 bits per heavy atom. The molecule has 2 rings (SSSR count). The van der Waals surface area contributed by atoms with Crippen LogP contribution in [0.15, 0.2) is 24.3 Å². The molecule has 0 aromatic heterocycles. The molecular weight excluding hydrogens is 274 g/mol. The number of hydrogen-bond acceptors (Lipinski definition) is 2. The van der Waals surface area contributed by atoms with Gasteiger partial charge in [-0.05, 0) is 36.6 Å². The lowest BCUT2D eigenvalue weighted by Gasteiger charge is -2.46. The van der Waals surface area contributed by atoms with Gasteiger partial charge in [0.15, 0.2) is 0 Å². The van der Waals surface area contributed by atoms with E-state index in [1.165, 1.54) is 6.08 Å². The van der Waals surface area contributed by atoms with Gasteiger partial charge in [0.25, 0.3) is 0 Å². The van der Waals surface area contributed by atoms with Crippen molar-refractivity contribution in [2.75, 3.05) is 13.1 Å². The van der Waals surface area contributed by atoms with E-state index in [9.17, 15) is 9.90 Å². The molecule has 1 aliphatic rings. The van der Waals surface area contributed by atoms with Gasteiger partial charge in [-0.3, -0.25) is 4.79 Å². The van der Waals surface area contributed by atoms with Gasteiger partial charge in [-0.25, -0.2) is 0 Å². The van der Waals surface area contributed by atoms with E-state index >= 15 is 0 Å². The van der Waals surface area contributed by atoms with E-state index in [2.05, 4.69) is 0 Å². The minimum Gasteiger partial charge on any atom is -0.386 e. The standard InChI is InChI=1S/C16H20ClNO2/c1-3-8-16(20)10-18(11-16)15(19)7-6-13-5-4-12(2)14(17)9-13/h4-7,9,20H,3,8,10-11H2,1-2H3. The Bertz CT molecular complexity index is 533. The Labute approximate surface area is 124 Å². The first-order valence-corrected chi connectivity index (χ1v) is 7.27. The summed E-state index contributed by atoms with van der Waals surface area (Å²) in [4.78, 5) is 13.6. The lowest BCUT2D eigenvalue weighted by Crippen LogP contribution is -2.63. The molecule has 1 amide bonds. The topological polar surface area (TPSA) is 40.5 Å². The van der Waals surface area contributed by atoms with Crippen molar-refractivity contribution in [3.63, 3.8) is 0 Å². The SMILES string of the molecule is CCCC1(O)CN(C(=O)C=Cc2ccc(C)c(Cl)c2)C1. The fourth-order valence-electron chi connectivity index (χ4n) is 2.43. The Hall–Kier alpha value is -1.32. The summed E-state index contributed by atoms with van der Waals surface area (Å²) in [6, 6.07) is 5.69. The molecule has 3 nitrogen and oxygen atoms in total. The number of carbonyl (C=O) groups excluding carboxylic acids is 1. The van der Waals surface area contributed by atoms with Crippen molar-refractivity contribution in [3.8, 4) is 0 Å². The third kappa shape index (κ3) is 3.41. The first-order chi connectivity index (χ1) is 9.43. The van der Waals surface area contributed by atoms with E-state index in [0.717, 1.165) is 24.0 Å². The number of aliphatic hydroxyl groups is 1. The van der Waals surface area contributed by atoms with E-state index in [1.807, 2.05) is 32.0 Å². The second kappa shape index (κ2) is 5.98. The fraction of sp³-hybridized carbons (Fsp3) is 0.438. The van der Waals surface area contributed by atoms with Crippen LogP contribution >= 0.6 is 11.6 Å². The largest absolute Gasteiger partial charge is 0.386 e. The number of likely N-dealkylation sites (tertiary alicyclic amines) is 1. The highest BCUT2D eigenvalue weighted by Crippen LogP contribution is 2.26. The molecule has 0 bridgehead atoms. The molecule has 0 saturated carbocycles. The molecule has 0 aliphatic carbocycles. The maximum Gasteiger partial charge on any atom is 0.246 e. The van der Waals surface area contributed by atoms with E-state index in [0.29, 0.717) is 18.1 Å². The number of halogens is 1. The van der Waals surface area contributed by atoms with Gasteiger partial charge in [0, 0.05) is 11.1 Å². The molecule has 0 spiro atoms. The van der Waals surface area contributed by atoms with Crippen LogP contribution in [-0.2, 0) is 4.79 Å². The van der Waals surface area contributed by atoms with Gasteiger partial charge in [-0.2, -0.15) is 0 Å². The molecule has 108 valence electrons. The number of carbonyl (C=O) groups is 1. The Kier molecular flexibility index (Phi) is 4.51. The number of β-amino-alcohol motifs (C(OH)–C–C–N with tert-alkyl or cyclic N) is 1. The number of nitrogens with zero attached hydrogens (tertiary/aromatic N) is 1. The molecule has 1 saturated heterocycles. The molecule has 0 radical (unpaired) electrons. The third-order valence-corrected chi connectivity index (χ3v) is 4.02. The highest BCUT2D eigenvalue weighted by atomic mass is 35.5. The van der Waals surface area contributed by atoms with Crippen LogP contribution in [-0.4, -0.2) is 34.6 Å². The van der Waals surface area contributed by atoms with E-state index in [1.54, 1.807) is 11.0 Å². The number of aryl methyl sites for hydroxylation is 1. The van der Waals surface area contributed by atoms with E-state index in [4.69, 9.17) is 11.6 Å². The fourth-order valence-corrected chi connectivity index (χ4v) is 2.62. The smallest absolute Gasteiger partial charge is 0.246 e. The van der Waals surface area contributed by atoms with Crippen molar-refractivity contribution >= 4 is 23.6 Å². The normalized spacial score (nSPS) is 17.3. The molecule has 1 aromatic carbocycles. The van der Waals surface area contributed by atoms with Crippen LogP contribution in [0.2, 0.25) is 5.02 Å². The monoisotopic (exact) mass is 293 g/mol. The zero-order valence-corrected chi connectivity index (χ0v) is 12.7. The zero-order valence-electron chi connectivity index (χ0n) is 11.9. The number of benzene rings is 1. The minimum atomic E-state index is -0.675. The van der Waals surface area contributed by atoms with Gasteiger partial charge < -0.3 is 10.0 Å². The maximum absolute atomic E-state index is 11.9. The van der Waals surface area contributed by atoms with Crippen LogP contribution in [0.25, 0.3) is 6.08 Å². The van der Waals surface area contributed by atoms with E-state index < -0.39 is 5.60 Å². The predicted molar refractivity (Wildman–Crippen MR) is 81.7 cm³/mol. The Morgan fingerprint density at radius 1 is 1.50 bits per heavy atom. The molecule has 1 aromatic rings. The van der Waals surface area contributed by atoms with Crippen LogP contribution in [0.4, 0.5) is 0 Å². The average molecular weight is 294 g/mol. The van der Waals surface area contributed by atoms with Gasteiger partial charge in [0.2, 0.25) is 5.91 Å². The first kappa shape index (κ1) is 15.1. The summed E-state index contributed by atoms with van der Waals surface area (Å²) in [5, 5.41) is 10.7. The summed E-state index contributed by atoms with van der Waals surface area (Å²) in [6.07, 6.45) is 4.96. The van der Waals surface area contributed by atoms with Crippen molar-refractivity contribution in [2.24, 2.45) is 0 Å². The molecule has 1 aliphatic heterocycles. The summed E-state index contributed by atoms with van der Waals surface area (Å²) < 4.78 is 0. The van der Waals surface area contributed by atoms with Crippen molar-refractivity contribution in [3.05, 3.63) is 40.4 Å². The van der Waals surface area contributed by atoms with Crippen molar-refractivity contribution in [1.29, 1.82) is 0 Å². The third-order valence-electron chi connectivity index (χ3n) is 3.61. The van der Waals surface area contributed by atoms with Gasteiger partial charge in [-0.1, -0.05) is 37.1 Å². The summed E-state index contributed by atoms with van der Waals surface area (Å²) in [5.74, 6) is -0.0672. The highest BCUT2D eigenvalue weighted by Gasteiger charge is 2.41. The molecular formula is C16H20ClNO2. The van der Waals surface area contributed by atoms with Crippen LogP contribution in [0.5, 0.6) is 0 Å². The van der Waals surface area contributed by atoms with Crippen molar-refractivity contribution in [2.45, 2.75) is 32.3 Å². The molecule has 4 heteroatoms. The lowest BCUT2D eigenvalue weighted by molar-refractivity contribution is -0.151. The summed E-state index contributed by atoms with van der Waals surface area (Å²) in [6.45, 7) is 4.83. The molecule has 20 heavy (non-hydrogen) atoms. The first-order valence-electron chi connectivity index (χ1n) is 6.89. The number of hydrogen-bond donors (Lipinski definition) is 1. The molecule has 1 N–H and O–H groups in total. The van der Waals surface area contributed by atoms with Gasteiger partial charge in [0.1, 0.15) is 0 Å². The molecule has 1 fully saturated rings. The van der Waals surface area contributed by atoms with E-state index in [-0.39, 0.29) is 5.91 Å². The summed E-state index contributed by atoms with van der Waals surface area (Å²) in [7, 11) is 0. The maximum atomic E-state index is 11.9. The minimum absolute atomic E-state index is 0.0672. The highest BCUT2D eigenvalue weighted by molar-refractivity contribution is 6.31. The van der Waals surface area contributed by atoms with Crippen molar-refractivity contribution in [1.82, 2.24) is 4.90 Å². The van der Waals surface area contributed by atoms with Gasteiger partial charge >= 0.3 is 0 Å².